The van der Waals surface area contributed by atoms with Gasteiger partial charge in [-0.25, -0.2) is 0 Å². The summed E-state index contributed by atoms with van der Waals surface area (Å²) >= 11 is 0. The first-order valence-corrected chi connectivity index (χ1v) is 9.33. The lowest BCUT2D eigenvalue weighted by molar-refractivity contribution is -0.120. The number of aromatic nitrogens is 1. The molecule has 0 bridgehead atoms. The third kappa shape index (κ3) is 4.14. The average molecular weight is 349 g/mol. The highest BCUT2D eigenvalue weighted by Crippen LogP contribution is 2.20. The molecule has 0 radical (unpaired) electrons. The standard InChI is InChI=1S/C22H27N3O/c1-3-25(4-2)21(17-10-6-5-7-11-17)16-24-22(26)14-18-15-23-20-13-9-8-12-19(18)20/h5-13,15,21,23H,3-4,14,16H2,1-2H3,(H,24,26). The van der Waals surface area contributed by atoms with Crippen molar-refractivity contribution in [2.45, 2.75) is 26.3 Å². The predicted octanol–water partition coefficient (Wildman–Crippen LogP) is 3.91. The van der Waals surface area contributed by atoms with Gasteiger partial charge in [0.1, 0.15) is 0 Å². The van der Waals surface area contributed by atoms with Crippen LogP contribution in [0.5, 0.6) is 0 Å². The van der Waals surface area contributed by atoms with E-state index in [1.54, 1.807) is 0 Å². The maximum absolute atomic E-state index is 12.5. The van der Waals surface area contributed by atoms with E-state index in [-0.39, 0.29) is 11.9 Å². The van der Waals surface area contributed by atoms with Crippen LogP contribution in [0.1, 0.15) is 31.0 Å². The second-order valence-corrected chi connectivity index (χ2v) is 6.49. The van der Waals surface area contributed by atoms with E-state index in [4.69, 9.17) is 0 Å². The minimum Gasteiger partial charge on any atom is -0.361 e. The monoisotopic (exact) mass is 349 g/mol. The molecule has 0 fully saturated rings. The zero-order valence-electron chi connectivity index (χ0n) is 15.5. The van der Waals surface area contributed by atoms with Crippen LogP contribution in [0.3, 0.4) is 0 Å². The molecule has 3 aromatic rings. The average Bonchev–Trinajstić information content (AvgIpc) is 3.09. The molecule has 1 heterocycles. The number of nitrogens with one attached hydrogen (secondary N) is 2. The molecule has 0 saturated carbocycles. The summed E-state index contributed by atoms with van der Waals surface area (Å²) in [6, 6.07) is 18.7. The van der Waals surface area contributed by atoms with Crippen molar-refractivity contribution >= 4 is 16.8 Å². The fourth-order valence-electron chi connectivity index (χ4n) is 3.52. The first-order valence-electron chi connectivity index (χ1n) is 9.33. The van der Waals surface area contributed by atoms with Gasteiger partial charge in [-0.1, -0.05) is 62.4 Å². The zero-order chi connectivity index (χ0) is 18.4. The van der Waals surface area contributed by atoms with E-state index in [1.807, 2.05) is 30.5 Å². The van der Waals surface area contributed by atoms with Gasteiger partial charge in [0.25, 0.3) is 0 Å². The topological polar surface area (TPSA) is 48.1 Å². The number of amides is 1. The van der Waals surface area contributed by atoms with E-state index in [9.17, 15) is 4.79 Å². The number of hydrogen-bond donors (Lipinski definition) is 2. The molecule has 0 aliphatic heterocycles. The van der Waals surface area contributed by atoms with E-state index in [0.29, 0.717) is 13.0 Å². The molecule has 0 saturated heterocycles. The van der Waals surface area contributed by atoms with Crippen LogP contribution in [-0.4, -0.2) is 35.4 Å². The molecule has 3 rings (SSSR count). The van der Waals surface area contributed by atoms with Crippen molar-refractivity contribution in [3.8, 4) is 0 Å². The number of carbonyl (C=O) groups is 1. The molecule has 0 spiro atoms. The Morgan fingerprint density at radius 1 is 1.04 bits per heavy atom. The maximum atomic E-state index is 12.5. The van der Waals surface area contributed by atoms with Gasteiger partial charge in [0.2, 0.25) is 5.91 Å². The Morgan fingerprint density at radius 2 is 1.73 bits per heavy atom. The maximum Gasteiger partial charge on any atom is 0.224 e. The molecule has 1 atom stereocenters. The van der Waals surface area contributed by atoms with Crippen LogP contribution in [0.2, 0.25) is 0 Å². The molecule has 0 aliphatic rings. The molecule has 4 heteroatoms. The van der Waals surface area contributed by atoms with Gasteiger partial charge in [-0.15, -0.1) is 0 Å². The third-order valence-electron chi connectivity index (χ3n) is 4.96. The van der Waals surface area contributed by atoms with Crippen molar-refractivity contribution in [2.24, 2.45) is 0 Å². The van der Waals surface area contributed by atoms with E-state index in [2.05, 4.69) is 59.4 Å². The fourth-order valence-corrected chi connectivity index (χ4v) is 3.52. The number of H-pyrrole nitrogens is 1. The Bertz CT molecular complexity index is 837. The number of benzene rings is 2. The summed E-state index contributed by atoms with van der Waals surface area (Å²) in [6.07, 6.45) is 2.33. The Labute approximate surface area is 155 Å². The summed E-state index contributed by atoms with van der Waals surface area (Å²) in [5, 5.41) is 4.26. The van der Waals surface area contributed by atoms with E-state index < -0.39 is 0 Å². The van der Waals surface area contributed by atoms with Crippen molar-refractivity contribution in [1.82, 2.24) is 15.2 Å². The summed E-state index contributed by atoms with van der Waals surface area (Å²) in [5.74, 6) is 0.0582. The summed E-state index contributed by atoms with van der Waals surface area (Å²) in [7, 11) is 0. The minimum absolute atomic E-state index is 0.0582. The molecule has 1 amide bonds. The summed E-state index contributed by atoms with van der Waals surface area (Å²) < 4.78 is 0. The smallest absolute Gasteiger partial charge is 0.224 e. The van der Waals surface area contributed by atoms with Gasteiger partial charge in [0.05, 0.1) is 12.5 Å². The van der Waals surface area contributed by atoms with Gasteiger partial charge in [0, 0.05) is 23.6 Å². The highest BCUT2D eigenvalue weighted by atomic mass is 16.1. The van der Waals surface area contributed by atoms with Crippen LogP contribution in [0.15, 0.2) is 60.8 Å². The van der Waals surface area contributed by atoms with E-state index in [0.717, 1.165) is 29.6 Å². The highest BCUT2D eigenvalue weighted by Gasteiger charge is 2.19. The molecule has 4 nitrogen and oxygen atoms in total. The first-order chi connectivity index (χ1) is 12.7. The zero-order valence-corrected chi connectivity index (χ0v) is 15.5. The molecule has 1 unspecified atom stereocenters. The number of hydrogen-bond acceptors (Lipinski definition) is 2. The van der Waals surface area contributed by atoms with Gasteiger partial charge in [0.15, 0.2) is 0 Å². The van der Waals surface area contributed by atoms with E-state index >= 15 is 0 Å². The number of likely N-dealkylation sites (N-methyl/N-ethyl adjacent to an activating group) is 1. The predicted molar refractivity (Wildman–Crippen MR) is 107 cm³/mol. The fraction of sp³-hybridized carbons (Fsp3) is 0.318. The second-order valence-electron chi connectivity index (χ2n) is 6.49. The highest BCUT2D eigenvalue weighted by molar-refractivity contribution is 5.88. The first kappa shape index (κ1) is 18.2. The lowest BCUT2D eigenvalue weighted by atomic mass is 10.0. The second kappa shape index (κ2) is 8.68. The molecule has 2 N–H and O–H groups in total. The summed E-state index contributed by atoms with van der Waals surface area (Å²) in [5.41, 5.74) is 3.35. The van der Waals surface area contributed by atoms with Gasteiger partial charge in [-0.2, -0.15) is 0 Å². The molecular formula is C22H27N3O. The molecule has 136 valence electrons. The van der Waals surface area contributed by atoms with E-state index in [1.165, 1.54) is 5.56 Å². The SMILES string of the molecule is CCN(CC)C(CNC(=O)Cc1c[nH]c2ccccc12)c1ccccc1. The molecule has 1 aromatic heterocycles. The lowest BCUT2D eigenvalue weighted by Gasteiger charge is -2.30. The molecule has 0 aliphatic carbocycles. The van der Waals surface area contributed by atoms with Crippen LogP contribution in [0, 0.1) is 0 Å². The number of rotatable bonds is 8. The van der Waals surface area contributed by atoms with Crippen molar-refractivity contribution in [3.05, 3.63) is 71.9 Å². The minimum atomic E-state index is 0.0582. The van der Waals surface area contributed by atoms with Crippen molar-refractivity contribution in [2.75, 3.05) is 19.6 Å². The molecular weight excluding hydrogens is 322 g/mol. The van der Waals surface area contributed by atoms with Gasteiger partial charge < -0.3 is 10.3 Å². The Morgan fingerprint density at radius 3 is 2.46 bits per heavy atom. The summed E-state index contributed by atoms with van der Waals surface area (Å²) in [4.78, 5) is 18.2. The van der Waals surface area contributed by atoms with Crippen molar-refractivity contribution in [3.63, 3.8) is 0 Å². The largest absolute Gasteiger partial charge is 0.361 e. The lowest BCUT2D eigenvalue weighted by Crippen LogP contribution is -2.38. The van der Waals surface area contributed by atoms with Gasteiger partial charge >= 0.3 is 0 Å². The third-order valence-corrected chi connectivity index (χ3v) is 4.96. The quantitative estimate of drug-likeness (QED) is 0.648. The van der Waals surface area contributed by atoms with Crippen molar-refractivity contribution < 1.29 is 4.79 Å². The normalized spacial score (nSPS) is 12.4. The Hall–Kier alpha value is -2.59. The number of carbonyl (C=O) groups excluding carboxylic acids is 1. The van der Waals surface area contributed by atoms with Crippen LogP contribution in [0.4, 0.5) is 0 Å². The number of para-hydroxylation sites is 1. The van der Waals surface area contributed by atoms with Crippen LogP contribution in [0.25, 0.3) is 10.9 Å². The van der Waals surface area contributed by atoms with Crippen LogP contribution in [-0.2, 0) is 11.2 Å². The van der Waals surface area contributed by atoms with Gasteiger partial charge in [-0.3, -0.25) is 9.69 Å². The number of fused-ring (bicyclic) bond motifs is 1. The Kier molecular flexibility index (Phi) is 6.08. The summed E-state index contributed by atoms with van der Waals surface area (Å²) in [6.45, 7) is 6.84. The molecule has 26 heavy (non-hydrogen) atoms. The van der Waals surface area contributed by atoms with Gasteiger partial charge in [-0.05, 0) is 30.3 Å². The number of nitrogens with zero attached hydrogens (tertiary/aromatic N) is 1. The van der Waals surface area contributed by atoms with Crippen LogP contribution >= 0.6 is 0 Å². The van der Waals surface area contributed by atoms with Crippen molar-refractivity contribution in [1.29, 1.82) is 0 Å². The van der Waals surface area contributed by atoms with Crippen LogP contribution < -0.4 is 5.32 Å². The number of aromatic amines is 1. The Balaban J connectivity index is 1.67. The molecule has 2 aromatic carbocycles.